The normalized spacial score (nSPS) is 10.5. The fourth-order valence-corrected chi connectivity index (χ4v) is 2.94. The molecule has 0 saturated carbocycles. The van der Waals surface area contributed by atoms with Crippen molar-refractivity contribution in [2.75, 3.05) is 35.2 Å². The molecule has 146 valence electrons. The average molecular weight is 380 g/mol. The standard InChI is InChI=1S/C21H25FN6/c1-3-28(4-2)18-11-9-17(10-12-18)25-21-26-20(15-24-27-21)23-14-13-16-7-5-6-8-19(16)22/h5-12,15H,3-4,13-14H2,1-2H3,(H2,23,25,26,27). The quantitative estimate of drug-likeness (QED) is 0.578. The van der Waals surface area contributed by atoms with Crippen molar-refractivity contribution < 1.29 is 4.39 Å². The summed E-state index contributed by atoms with van der Waals surface area (Å²) in [5.74, 6) is 0.806. The number of nitrogens with zero attached hydrogens (tertiary/aromatic N) is 4. The van der Waals surface area contributed by atoms with Gasteiger partial charge < -0.3 is 15.5 Å². The van der Waals surface area contributed by atoms with E-state index < -0.39 is 0 Å². The molecule has 0 radical (unpaired) electrons. The van der Waals surface area contributed by atoms with E-state index in [1.165, 1.54) is 11.8 Å². The lowest BCUT2D eigenvalue weighted by Gasteiger charge is -2.21. The Morgan fingerprint density at radius 2 is 1.75 bits per heavy atom. The SMILES string of the molecule is CCN(CC)c1ccc(Nc2nncc(NCCc3ccccc3F)n2)cc1. The first-order chi connectivity index (χ1) is 13.7. The zero-order chi connectivity index (χ0) is 19.8. The second kappa shape index (κ2) is 9.64. The zero-order valence-electron chi connectivity index (χ0n) is 16.2. The number of hydrogen-bond donors (Lipinski definition) is 2. The summed E-state index contributed by atoms with van der Waals surface area (Å²) in [7, 11) is 0. The highest BCUT2D eigenvalue weighted by molar-refractivity contribution is 5.59. The molecule has 0 saturated heterocycles. The van der Waals surface area contributed by atoms with Gasteiger partial charge >= 0.3 is 0 Å². The molecular formula is C21H25FN6. The van der Waals surface area contributed by atoms with E-state index in [4.69, 9.17) is 0 Å². The van der Waals surface area contributed by atoms with Gasteiger partial charge in [-0.1, -0.05) is 18.2 Å². The molecule has 0 amide bonds. The van der Waals surface area contributed by atoms with Gasteiger partial charge in [-0.05, 0) is 56.2 Å². The van der Waals surface area contributed by atoms with Gasteiger partial charge in [-0.3, -0.25) is 0 Å². The highest BCUT2D eigenvalue weighted by Gasteiger charge is 2.05. The van der Waals surface area contributed by atoms with Gasteiger partial charge in [0.2, 0.25) is 5.95 Å². The maximum Gasteiger partial charge on any atom is 0.249 e. The van der Waals surface area contributed by atoms with Crippen molar-refractivity contribution in [3.8, 4) is 0 Å². The van der Waals surface area contributed by atoms with Gasteiger partial charge in [0, 0.05) is 31.0 Å². The smallest absolute Gasteiger partial charge is 0.249 e. The Labute approximate surface area is 164 Å². The van der Waals surface area contributed by atoms with Crippen LogP contribution >= 0.6 is 0 Å². The molecule has 0 aliphatic rings. The lowest BCUT2D eigenvalue weighted by atomic mass is 10.1. The summed E-state index contributed by atoms with van der Waals surface area (Å²) >= 11 is 0. The molecule has 1 aromatic heterocycles. The average Bonchev–Trinajstić information content (AvgIpc) is 2.72. The first-order valence-corrected chi connectivity index (χ1v) is 9.48. The summed E-state index contributed by atoms with van der Waals surface area (Å²) in [5.41, 5.74) is 2.74. The summed E-state index contributed by atoms with van der Waals surface area (Å²) in [6.07, 6.45) is 2.11. The third-order valence-electron chi connectivity index (χ3n) is 4.47. The van der Waals surface area contributed by atoms with Crippen molar-refractivity contribution in [2.24, 2.45) is 0 Å². The van der Waals surface area contributed by atoms with Gasteiger partial charge in [-0.2, -0.15) is 10.1 Å². The van der Waals surface area contributed by atoms with Gasteiger partial charge in [0.15, 0.2) is 5.82 Å². The molecule has 2 N–H and O–H groups in total. The molecule has 0 spiro atoms. The summed E-state index contributed by atoms with van der Waals surface area (Å²) < 4.78 is 13.7. The van der Waals surface area contributed by atoms with Crippen LogP contribution < -0.4 is 15.5 Å². The topological polar surface area (TPSA) is 66.0 Å². The van der Waals surface area contributed by atoms with E-state index in [0.29, 0.717) is 30.3 Å². The molecule has 7 heteroatoms. The number of nitrogens with one attached hydrogen (secondary N) is 2. The van der Waals surface area contributed by atoms with E-state index in [9.17, 15) is 4.39 Å². The lowest BCUT2D eigenvalue weighted by molar-refractivity contribution is 0.610. The number of anilines is 4. The number of hydrogen-bond acceptors (Lipinski definition) is 6. The first-order valence-electron chi connectivity index (χ1n) is 9.48. The van der Waals surface area contributed by atoms with E-state index in [-0.39, 0.29) is 5.82 Å². The monoisotopic (exact) mass is 380 g/mol. The van der Waals surface area contributed by atoms with Crippen LogP contribution in [0.2, 0.25) is 0 Å². The van der Waals surface area contributed by atoms with E-state index in [1.54, 1.807) is 18.3 Å². The molecule has 3 rings (SSSR count). The van der Waals surface area contributed by atoms with Crippen LogP contribution in [0, 0.1) is 5.82 Å². The van der Waals surface area contributed by atoms with Crippen molar-refractivity contribution in [3.63, 3.8) is 0 Å². The van der Waals surface area contributed by atoms with Crippen molar-refractivity contribution in [1.29, 1.82) is 0 Å². The molecule has 0 unspecified atom stereocenters. The van der Waals surface area contributed by atoms with Crippen molar-refractivity contribution in [3.05, 3.63) is 66.1 Å². The number of benzene rings is 2. The fourth-order valence-electron chi connectivity index (χ4n) is 2.94. The molecule has 28 heavy (non-hydrogen) atoms. The summed E-state index contributed by atoms with van der Waals surface area (Å²) in [6, 6.07) is 14.9. The largest absolute Gasteiger partial charge is 0.372 e. The van der Waals surface area contributed by atoms with Crippen LogP contribution in [0.15, 0.2) is 54.7 Å². The number of aromatic nitrogens is 3. The second-order valence-corrected chi connectivity index (χ2v) is 6.28. The molecule has 0 aliphatic carbocycles. The van der Waals surface area contributed by atoms with Crippen LogP contribution in [-0.4, -0.2) is 34.8 Å². The molecule has 0 bridgehead atoms. The van der Waals surface area contributed by atoms with Gasteiger partial charge in [0.05, 0.1) is 6.20 Å². The summed E-state index contributed by atoms with van der Waals surface area (Å²) in [6.45, 7) is 6.77. The maximum absolute atomic E-state index is 13.7. The van der Waals surface area contributed by atoms with Crippen molar-refractivity contribution >= 4 is 23.1 Å². The Kier molecular flexibility index (Phi) is 6.73. The van der Waals surface area contributed by atoms with E-state index in [1.807, 2.05) is 18.2 Å². The molecule has 2 aromatic carbocycles. The summed E-state index contributed by atoms with van der Waals surface area (Å²) in [5, 5.41) is 14.3. The van der Waals surface area contributed by atoms with Crippen LogP contribution in [0.4, 0.5) is 27.5 Å². The molecule has 3 aromatic rings. The second-order valence-electron chi connectivity index (χ2n) is 6.28. The molecule has 0 aliphatic heterocycles. The van der Waals surface area contributed by atoms with Crippen LogP contribution in [0.3, 0.4) is 0 Å². The number of halogens is 1. The third kappa shape index (κ3) is 5.16. The Morgan fingerprint density at radius 1 is 1.00 bits per heavy atom. The van der Waals surface area contributed by atoms with Crippen molar-refractivity contribution in [1.82, 2.24) is 15.2 Å². The minimum atomic E-state index is -0.194. The fraction of sp³-hybridized carbons (Fsp3) is 0.286. The minimum absolute atomic E-state index is 0.194. The Balaban J connectivity index is 1.58. The van der Waals surface area contributed by atoms with Gasteiger partial charge in [0.25, 0.3) is 0 Å². The predicted molar refractivity (Wildman–Crippen MR) is 112 cm³/mol. The Bertz CT molecular complexity index is 880. The van der Waals surface area contributed by atoms with E-state index in [2.05, 4.69) is 56.7 Å². The van der Waals surface area contributed by atoms with Gasteiger partial charge in [-0.25, -0.2) is 4.39 Å². The Hall–Kier alpha value is -3.22. The lowest BCUT2D eigenvalue weighted by Crippen LogP contribution is -2.21. The van der Waals surface area contributed by atoms with E-state index >= 15 is 0 Å². The molecule has 1 heterocycles. The van der Waals surface area contributed by atoms with Gasteiger partial charge in [0.1, 0.15) is 5.82 Å². The molecular weight excluding hydrogens is 355 g/mol. The summed E-state index contributed by atoms with van der Waals surface area (Å²) in [4.78, 5) is 6.69. The first kappa shape index (κ1) is 19.5. The molecule has 6 nitrogen and oxygen atoms in total. The van der Waals surface area contributed by atoms with Crippen molar-refractivity contribution in [2.45, 2.75) is 20.3 Å². The van der Waals surface area contributed by atoms with Crippen LogP contribution in [0.25, 0.3) is 0 Å². The van der Waals surface area contributed by atoms with Gasteiger partial charge in [-0.15, -0.1) is 5.10 Å². The van der Waals surface area contributed by atoms with E-state index in [0.717, 1.165) is 18.8 Å². The highest BCUT2D eigenvalue weighted by Crippen LogP contribution is 2.20. The highest BCUT2D eigenvalue weighted by atomic mass is 19.1. The molecule has 0 fully saturated rings. The van der Waals surface area contributed by atoms with Crippen LogP contribution in [0.5, 0.6) is 0 Å². The maximum atomic E-state index is 13.7. The Morgan fingerprint density at radius 3 is 2.46 bits per heavy atom. The number of rotatable bonds is 9. The van der Waals surface area contributed by atoms with Crippen LogP contribution in [0.1, 0.15) is 19.4 Å². The molecule has 0 atom stereocenters. The predicted octanol–water partition coefficient (Wildman–Crippen LogP) is 4.26. The third-order valence-corrected chi connectivity index (χ3v) is 4.47. The van der Waals surface area contributed by atoms with Crippen LogP contribution in [-0.2, 0) is 6.42 Å². The zero-order valence-corrected chi connectivity index (χ0v) is 16.2. The minimum Gasteiger partial charge on any atom is -0.372 e.